The lowest BCUT2D eigenvalue weighted by atomic mass is 10.0. The Balaban J connectivity index is 1.66. The topological polar surface area (TPSA) is 212 Å². The van der Waals surface area contributed by atoms with Crippen molar-refractivity contribution in [1.29, 1.82) is 0 Å². The summed E-state index contributed by atoms with van der Waals surface area (Å²) in [6.07, 6.45) is -2.33. The van der Waals surface area contributed by atoms with Crippen molar-refractivity contribution in [3.63, 3.8) is 0 Å². The molecule has 0 aromatic heterocycles. The standard InChI is InChI=1S/C39H45N3O15/c1-22(28-13-34(49-4)37(52-7)16-31(28)40(43)44)55-19-25-10-26(20-56-23(2)29-14-35(50-5)38(53-8)17-32(29)41(45)46)12-27(11-25)21-57-24(3)30-15-36(51-6)39(54-9)18-33(30)42(47)48/h10-18,22-24H,19-21H2,1-9H3. The van der Waals surface area contributed by atoms with Gasteiger partial charge in [0.1, 0.15) is 0 Å². The summed E-state index contributed by atoms with van der Waals surface area (Å²) in [5.41, 5.74) is 2.05. The second-order valence-electron chi connectivity index (χ2n) is 12.6. The molecule has 0 saturated carbocycles. The summed E-state index contributed by atoms with van der Waals surface area (Å²) in [5.74, 6) is 1.45. The molecular weight excluding hydrogens is 750 g/mol. The van der Waals surface area contributed by atoms with Crippen molar-refractivity contribution in [3.05, 3.63) is 118 Å². The van der Waals surface area contributed by atoms with E-state index >= 15 is 0 Å². The number of methoxy groups -OCH3 is 6. The van der Waals surface area contributed by atoms with Gasteiger partial charge < -0.3 is 42.6 Å². The number of hydrogen-bond donors (Lipinski definition) is 0. The quantitative estimate of drug-likeness (QED) is 0.0573. The Morgan fingerprint density at radius 2 is 0.614 bits per heavy atom. The van der Waals surface area contributed by atoms with Gasteiger partial charge in [0.05, 0.1) is 130 Å². The van der Waals surface area contributed by atoms with E-state index in [0.717, 1.165) is 0 Å². The van der Waals surface area contributed by atoms with Crippen LogP contribution >= 0.6 is 0 Å². The zero-order valence-electron chi connectivity index (χ0n) is 33.0. The second-order valence-corrected chi connectivity index (χ2v) is 12.6. The van der Waals surface area contributed by atoms with Gasteiger partial charge in [-0.25, -0.2) is 0 Å². The second kappa shape index (κ2) is 19.6. The zero-order valence-corrected chi connectivity index (χ0v) is 33.0. The van der Waals surface area contributed by atoms with Crippen LogP contribution < -0.4 is 28.4 Å². The van der Waals surface area contributed by atoms with E-state index in [4.69, 9.17) is 42.6 Å². The molecule has 0 saturated heterocycles. The van der Waals surface area contributed by atoms with Crippen LogP contribution in [0.4, 0.5) is 17.1 Å². The van der Waals surface area contributed by atoms with Gasteiger partial charge in [-0.2, -0.15) is 0 Å². The predicted molar refractivity (Wildman–Crippen MR) is 205 cm³/mol. The van der Waals surface area contributed by atoms with Crippen LogP contribution in [0.2, 0.25) is 0 Å². The highest BCUT2D eigenvalue weighted by atomic mass is 16.6. The number of nitro benzene ring substituents is 3. The predicted octanol–water partition coefficient (Wildman–Crippen LogP) is 8.30. The smallest absolute Gasteiger partial charge is 0.279 e. The number of hydrogen-bond acceptors (Lipinski definition) is 15. The van der Waals surface area contributed by atoms with E-state index in [1.54, 1.807) is 39.0 Å². The van der Waals surface area contributed by atoms with Crippen LogP contribution in [0.15, 0.2) is 54.6 Å². The first-order valence-corrected chi connectivity index (χ1v) is 17.4. The van der Waals surface area contributed by atoms with E-state index in [1.807, 2.05) is 0 Å². The van der Waals surface area contributed by atoms with Crippen molar-refractivity contribution in [2.75, 3.05) is 42.7 Å². The molecule has 0 aliphatic carbocycles. The van der Waals surface area contributed by atoms with Crippen molar-refractivity contribution < 1.29 is 57.4 Å². The Kier molecular flexibility index (Phi) is 14.9. The maximum Gasteiger partial charge on any atom is 0.279 e. The van der Waals surface area contributed by atoms with E-state index in [1.165, 1.54) is 79.1 Å². The Morgan fingerprint density at radius 1 is 0.404 bits per heavy atom. The lowest BCUT2D eigenvalue weighted by molar-refractivity contribution is -0.386. The van der Waals surface area contributed by atoms with Crippen molar-refractivity contribution >= 4 is 17.1 Å². The molecule has 3 unspecified atom stereocenters. The highest BCUT2D eigenvalue weighted by molar-refractivity contribution is 5.57. The molecular formula is C39H45N3O15. The summed E-state index contributed by atoms with van der Waals surface area (Å²) < 4.78 is 50.4. The van der Waals surface area contributed by atoms with Gasteiger partial charge in [0.25, 0.3) is 17.1 Å². The number of nitrogens with zero attached hydrogens (tertiary/aromatic N) is 3. The third-order valence-corrected chi connectivity index (χ3v) is 9.11. The summed E-state index contributed by atoms with van der Waals surface area (Å²) in [6.45, 7) is 4.96. The summed E-state index contributed by atoms with van der Waals surface area (Å²) in [7, 11) is 8.40. The monoisotopic (exact) mass is 795 g/mol. The lowest BCUT2D eigenvalue weighted by Gasteiger charge is -2.19. The van der Waals surface area contributed by atoms with E-state index in [9.17, 15) is 30.3 Å². The number of ether oxygens (including phenoxy) is 9. The molecule has 3 atom stereocenters. The van der Waals surface area contributed by atoms with Crippen LogP contribution in [-0.4, -0.2) is 57.4 Å². The van der Waals surface area contributed by atoms with Crippen molar-refractivity contribution in [1.82, 2.24) is 0 Å². The minimum absolute atomic E-state index is 0.0130. The van der Waals surface area contributed by atoms with Gasteiger partial charge >= 0.3 is 0 Å². The molecule has 18 nitrogen and oxygen atoms in total. The molecule has 4 aromatic rings. The first kappa shape index (κ1) is 43.5. The van der Waals surface area contributed by atoms with Gasteiger partial charge in [-0.05, 0) is 55.7 Å². The van der Waals surface area contributed by atoms with Gasteiger partial charge in [-0.3, -0.25) is 30.3 Å². The molecule has 0 aliphatic heterocycles. The van der Waals surface area contributed by atoms with E-state index in [-0.39, 0.29) is 70.8 Å². The zero-order chi connectivity index (χ0) is 42.0. The lowest BCUT2D eigenvalue weighted by Crippen LogP contribution is -2.08. The molecule has 0 aliphatic rings. The first-order chi connectivity index (χ1) is 27.2. The van der Waals surface area contributed by atoms with Crippen molar-refractivity contribution in [2.24, 2.45) is 0 Å². The summed E-state index contributed by atoms with van der Waals surface area (Å²) >= 11 is 0. The van der Waals surface area contributed by atoms with Crippen molar-refractivity contribution in [2.45, 2.75) is 58.9 Å². The molecule has 0 bridgehead atoms. The third kappa shape index (κ3) is 10.3. The minimum Gasteiger partial charge on any atom is -0.493 e. The Hall–Kier alpha value is -6.24. The van der Waals surface area contributed by atoms with Gasteiger partial charge in [-0.15, -0.1) is 0 Å². The Labute approximate surface area is 328 Å². The Morgan fingerprint density at radius 3 is 0.807 bits per heavy atom. The fraction of sp³-hybridized carbons (Fsp3) is 0.385. The first-order valence-electron chi connectivity index (χ1n) is 17.4. The molecule has 0 spiro atoms. The molecule has 4 rings (SSSR count). The molecule has 57 heavy (non-hydrogen) atoms. The molecule has 0 fully saturated rings. The fourth-order valence-corrected chi connectivity index (χ4v) is 6.13. The maximum absolute atomic E-state index is 12.0. The van der Waals surface area contributed by atoms with Crippen molar-refractivity contribution in [3.8, 4) is 34.5 Å². The number of rotatable bonds is 21. The molecule has 306 valence electrons. The van der Waals surface area contributed by atoms with E-state index in [0.29, 0.717) is 33.9 Å². The highest BCUT2D eigenvalue weighted by Gasteiger charge is 2.27. The van der Waals surface area contributed by atoms with Gasteiger partial charge in [0, 0.05) is 0 Å². The van der Waals surface area contributed by atoms with Gasteiger partial charge in [-0.1, -0.05) is 18.2 Å². The van der Waals surface area contributed by atoms with E-state index in [2.05, 4.69) is 0 Å². The summed E-state index contributed by atoms with van der Waals surface area (Å²) in [5, 5.41) is 36.0. The fourth-order valence-electron chi connectivity index (χ4n) is 6.13. The van der Waals surface area contributed by atoms with Crippen LogP contribution in [0, 0.1) is 30.3 Å². The van der Waals surface area contributed by atoms with Crippen LogP contribution in [0.1, 0.15) is 72.5 Å². The average molecular weight is 796 g/mol. The molecule has 0 amide bonds. The van der Waals surface area contributed by atoms with Crippen LogP contribution in [0.3, 0.4) is 0 Å². The van der Waals surface area contributed by atoms with Gasteiger partial charge in [0.15, 0.2) is 34.5 Å². The maximum atomic E-state index is 12.0. The number of benzene rings is 4. The third-order valence-electron chi connectivity index (χ3n) is 9.11. The van der Waals surface area contributed by atoms with E-state index < -0.39 is 33.1 Å². The summed E-state index contributed by atoms with van der Waals surface area (Å²) in [4.78, 5) is 34.4. The Bertz CT molecular complexity index is 1850. The van der Waals surface area contributed by atoms with Crippen LogP contribution in [0.5, 0.6) is 34.5 Å². The highest BCUT2D eigenvalue weighted by Crippen LogP contribution is 2.41. The normalized spacial score (nSPS) is 12.6. The van der Waals surface area contributed by atoms with Crippen LogP contribution in [-0.2, 0) is 34.0 Å². The molecule has 18 heteroatoms. The van der Waals surface area contributed by atoms with Crippen LogP contribution in [0.25, 0.3) is 0 Å². The number of nitro groups is 3. The molecule has 0 heterocycles. The SMILES string of the molecule is COc1cc(C(C)OCc2cc(COC(C)c3cc(OC)c(OC)cc3[N+](=O)[O-])cc(COC(C)c3cc(OC)c(OC)cc3[N+](=O)[O-])c2)c([N+](=O)[O-])cc1OC. The molecule has 0 N–H and O–H groups in total. The minimum atomic E-state index is -0.777. The molecule has 0 radical (unpaired) electrons. The average Bonchev–Trinajstić information content (AvgIpc) is 3.21. The summed E-state index contributed by atoms with van der Waals surface area (Å²) in [6, 6.07) is 13.7. The van der Waals surface area contributed by atoms with Gasteiger partial charge in [0.2, 0.25) is 0 Å². The largest absolute Gasteiger partial charge is 0.493 e. The molecule has 4 aromatic carbocycles.